The normalized spacial score (nSPS) is 14.8. The Labute approximate surface area is 186 Å². The van der Waals surface area contributed by atoms with Crippen molar-refractivity contribution in [3.8, 4) is 11.5 Å². The lowest BCUT2D eigenvalue weighted by atomic mass is 9.91. The third-order valence-electron chi connectivity index (χ3n) is 5.88. The van der Waals surface area contributed by atoms with E-state index in [9.17, 15) is 9.18 Å². The molecule has 172 valence electrons. The van der Waals surface area contributed by atoms with E-state index in [-0.39, 0.29) is 17.1 Å². The lowest BCUT2D eigenvalue weighted by molar-refractivity contribution is 0.101. The van der Waals surface area contributed by atoms with E-state index >= 15 is 0 Å². The van der Waals surface area contributed by atoms with Gasteiger partial charge in [0.15, 0.2) is 22.9 Å². The maximum atomic E-state index is 13.4. The van der Waals surface area contributed by atoms with Gasteiger partial charge in [0.25, 0.3) is 0 Å². The third kappa shape index (κ3) is 5.26. The molecule has 2 heterocycles. The number of likely N-dealkylation sites (tertiary alicyclic amines) is 1. The molecule has 2 N–H and O–H groups in total. The van der Waals surface area contributed by atoms with Crippen LogP contribution in [0.2, 0.25) is 0 Å². The van der Waals surface area contributed by atoms with Gasteiger partial charge in [0.2, 0.25) is 0 Å². The first-order valence-electron chi connectivity index (χ1n) is 10.6. The summed E-state index contributed by atoms with van der Waals surface area (Å²) in [5.74, 6) is 1.26. The highest BCUT2D eigenvalue weighted by Gasteiger charge is 2.25. The number of ketones is 1. The van der Waals surface area contributed by atoms with Gasteiger partial charge in [-0.2, -0.15) is 0 Å². The van der Waals surface area contributed by atoms with Crippen molar-refractivity contribution in [2.75, 3.05) is 33.4 Å². The quantitative estimate of drug-likeness (QED) is 0.385. The number of piperidine rings is 1. The summed E-state index contributed by atoms with van der Waals surface area (Å²) in [6, 6.07) is 9.87. The minimum Gasteiger partial charge on any atom is -0.493 e. The summed E-state index contributed by atoms with van der Waals surface area (Å²) >= 11 is 0. The van der Waals surface area contributed by atoms with Crippen LogP contribution in [0.25, 0.3) is 11.0 Å². The SMILES string of the molecule is COc1cc(C(C)=O)ccc1OCCCN1CCC(c2noc3cc(F)ccc23)CC1.O. The molecule has 1 aromatic heterocycles. The van der Waals surface area contributed by atoms with Crippen LogP contribution in [0.3, 0.4) is 0 Å². The number of ether oxygens (including phenoxy) is 2. The summed E-state index contributed by atoms with van der Waals surface area (Å²) in [7, 11) is 1.57. The second-order valence-electron chi connectivity index (χ2n) is 7.95. The zero-order valence-corrected chi connectivity index (χ0v) is 18.4. The number of methoxy groups -OCH3 is 1. The van der Waals surface area contributed by atoms with E-state index in [1.54, 1.807) is 31.4 Å². The highest BCUT2D eigenvalue weighted by molar-refractivity contribution is 5.94. The number of halogens is 1. The van der Waals surface area contributed by atoms with Crippen molar-refractivity contribution in [2.45, 2.75) is 32.1 Å². The fourth-order valence-electron chi connectivity index (χ4n) is 4.13. The molecule has 0 bridgehead atoms. The van der Waals surface area contributed by atoms with E-state index < -0.39 is 0 Å². The topological polar surface area (TPSA) is 96.3 Å². The van der Waals surface area contributed by atoms with Crippen LogP contribution in [0.5, 0.6) is 11.5 Å². The van der Waals surface area contributed by atoms with Gasteiger partial charge in [-0.15, -0.1) is 0 Å². The van der Waals surface area contributed by atoms with E-state index in [1.807, 2.05) is 0 Å². The molecule has 7 nitrogen and oxygen atoms in total. The molecule has 32 heavy (non-hydrogen) atoms. The van der Waals surface area contributed by atoms with Crippen LogP contribution in [0.1, 0.15) is 48.2 Å². The van der Waals surface area contributed by atoms with Gasteiger partial charge in [-0.1, -0.05) is 5.16 Å². The van der Waals surface area contributed by atoms with Gasteiger partial charge in [0.1, 0.15) is 5.82 Å². The van der Waals surface area contributed by atoms with Crippen molar-refractivity contribution in [2.24, 2.45) is 0 Å². The van der Waals surface area contributed by atoms with Gasteiger partial charge in [-0.25, -0.2) is 4.39 Å². The van der Waals surface area contributed by atoms with Crippen LogP contribution in [-0.4, -0.2) is 54.7 Å². The van der Waals surface area contributed by atoms with Crippen molar-refractivity contribution in [3.05, 3.63) is 53.5 Å². The summed E-state index contributed by atoms with van der Waals surface area (Å²) in [4.78, 5) is 13.9. The molecule has 1 saturated heterocycles. The number of Topliss-reactive ketones (excluding diaryl/α,β-unsaturated/α-hetero) is 1. The Balaban J connectivity index is 0.00000289. The fraction of sp³-hybridized carbons (Fsp3) is 0.417. The van der Waals surface area contributed by atoms with E-state index in [0.717, 1.165) is 50.0 Å². The van der Waals surface area contributed by atoms with Crippen molar-refractivity contribution in [1.82, 2.24) is 10.1 Å². The zero-order valence-electron chi connectivity index (χ0n) is 18.4. The maximum absolute atomic E-state index is 13.4. The fourth-order valence-corrected chi connectivity index (χ4v) is 4.13. The van der Waals surface area contributed by atoms with Crippen molar-refractivity contribution in [1.29, 1.82) is 0 Å². The smallest absolute Gasteiger partial charge is 0.170 e. The lowest BCUT2D eigenvalue weighted by Gasteiger charge is -2.31. The summed E-state index contributed by atoms with van der Waals surface area (Å²) < 4.78 is 29.9. The van der Waals surface area contributed by atoms with Gasteiger partial charge in [0.05, 0.1) is 19.4 Å². The van der Waals surface area contributed by atoms with E-state index in [4.69, 9.17) is 14.0 Å². The first-order valence-corrected chi connectivity index (χ1v) is 10.6. The van der Waals surface area contributed by atoms with Crippen LogP contribution in [-0.2, 0) is 0 Å². The molecule has 0 amide bonds. The van der Waals surface area contributed by atoms with E-state index in [0.29, 0.717) is 35.2 Å². The van der Waals surface area contributed by atoms with Crippen molar-refractivity contribution >= 4 is 16.8 Å². The standard InChI is InChI=1S/C24H27FN2O4.H2O/c1-16(28)18-4-7-21(23(14-18)29-2)30-13-3-10-27-11-8-17(9-12-27)24-20-6-5-19(25)15-22(20)31-26-24;/h4-7,14-15,17H,3,8-13H2,1-2H3;1H2. The van der Waals surface area contributed by atoms with Gasteiger partial charge in [-0.05, 0) is 69.6 Å². The number of carbonyl (C=O) groups is 1. The zero-order chi connectivity index (χ0) is 21.8. The van der Waals surface area contributed by atoms with Crippen LogP contribution < -0.4 is 9.47 Å². The molecule has 2 aromatic carbocycles. The van der Waals surface area contributed by atoms with Crippen molar-refractivity contribution < 1.29 is 28.7 Å². The molecule has 1 aliphatic heterocycles. The lowest BCUT2D eigenvalue weighted by Crippen LogP contribution is -2.34. The molecule has 8 heteroatoms. The highest BCUT2D eigenvalue weighted by atomic mass is 19.1. The summed E-state index contributed by atoms with van der Waals surface area (Å²) in [5, 5.41) is 5.13. The number of hydrogen-bond donors (Lipinski definition) is 0. The van der Waals surface area contributed by atoms with Gasteiger partial charge in [-0.3, -0.25) is 4.79 Å². The Bertz CT molecular complexity index is 1060. The molecule has 0 spiro atoms. The molecule has 1 fully saturated rings. The number of rotatable bonds is 8. The van der Waals surface area contributed by atoms with Gasteiger partial charge < -0.3 is 24.4 Å². The summed E-state index contributed by atoms with van der Waals surface area (Å²) in [5.41, 5.74) is 2.07. The first-order chi connectivity index (χ1) is 15.0. The minimum atomic E-state index is -0.306. The highest BCUT2D eigenvalue weighted by Crippen LogP contribution is 2.33. The molecule has 0 radical (unpaired) electrons. The predicted octanol–water partition coefficient (Wildman–Crippen LogP) is 4.00. The number of hydrogen-bond acceptors (Lipinski definition) is 6. The number of carbonyl (C=O) groups excluding carboxylic acids is 1. The minimum absolute atomic E-state index is 0. The Morgan fingerprint density at radius 3 is 2.69 bits per heavy atom. The van der Waals surface area contributed by atoms with Crippen LogP contribution in [0.4, 0.5) is 4.39 Å². The number of fused-ring (bicyclic) bond motifs is 1. The third-order valence-corrected chi connectivity index (χ3v) is 5.88. The average Bonchev–Trinajstić information content (AvgIpc) is 3.20. The molecular weight excluding hydrogens is 415 g/mol. The monoisotopic (exact) mass is 444 g/mol. The van der Waals surface area contributed by atoms with Gasteiger partial charge in [0, 0.05) is 29.5 Å². The number of benzene rings is 2. The van der Waals surface area contributed by atoms with Crippen molar-refractivity contribution in [3.63, 3.8) is 0 Å². The molecule has 0 unspecified atom stereocenters. The molecular formula is C24H29FN2O5. The average molecular weight is 445 g/mol. The molecule has 4 rings (SSSR count). The Kier molecular flexibility index (Phi) is 7.82. The second kappa shape index (κ2) is 10.6. The van der Waals surface area contributed by atoms with Crippen LogP contribution >= 0.6 is 0 Å². The number of aromatic nitrogens is 1. The van der Waals surface area contributed by atoms with E-state index in [1.165, 1.54) is 19.1 Å². The molecule has 0 atom stereocenters. The molecule has 0 aliphatic carbocycles. The number of nitrogens with zero attached hydrogens (tertiary/aromatic N) is 2. The Hall–Kier alpha value is -2.97. The largest absolute Gasteiger partial charge is 0.493 e. The Morgan fingerprint density at radius 1 is 1.19 bits per heavy atom. The van der Waals surface area contributed by atoms with Crippen LogP contribution in [0.15, 0.2) is 40.9 Å². The molecule has 1 aliphatic rings. The maximum Gasteiger partial charge on any atom is 0.170 e. The molecule has 0 saturated carbocycles. The summed E-state index contributed by atoms with van der Waals surface area (Å²) in [6.45, 7) is 5.03. The first kappa shape index (κ1) is 23.7. The molecule has 3 aromatic rings. The predicted molar refractivity (Wildman–Crippen MR) is 119 cm³/mol. The van der Waals surface area contributed by atoms with E-state index in [2.05, 4.69) is 10.1 Å². The van der Waals surface area contributed by atoms with Crippen LogP contribution in [0, 0.1) is 5.82 Å². The van der Waals surface area contributed by atoms with Gasteiger partial charge >= 0.3 is 0 Å². The Morgan fingerprint density at radius 2 is 1.97 bits per heavy atom. The summed E-state index contributed by atoms with van der Waals surface area (Å²) in [6.07, 6.45) is 2.90. The second-order valence-corrected chi connectivity index (χ2v) is 7.95.